The Balaban J connectivity index is 1.31. The number of ether oxygens (including phenoxy) is 2. The van der Waals surface area contributed by atoms with Gasteiger partial charge < -0.3 is 9.47 Å². The molecule has 3 aliphatic rings. The van der Waals surface area contributed by atoms with Crippen molar-refractivity contribution < 1.29 is 32.2 Å². The molecule has 3 aliphatic heterocycles. The monoisotopic (exact) mass is 471 g/mol. The molecule has 12 heteroatoms. The highest BCUT2D eigenvalue weighted by Gasteiger charge is 2.59. The molecule has 3 fully saturated rings. The lowest BCUT2D eigenvalue weighted by molar-refractivity contribution is -0.257. The average molecular weight is 471 g/mol. The second kappa shape index (κ2) is 7.45. The molecule has 1 aromatic heterocycles. The van der Waals surface area contributed by atoms with Crippen molar-refractivity contribution in [1.82, 2.24) is 13.6 Å². The van der Waals surface area contributed by atoms with Gasteiger partial charge in [-0.2, -0.15) is 21.9 Å². The molecule has 0 amide bonds. The summed E-state index contributed by atoms with van der Waals surface area (Å²) in [7, 11) is 0. The number of piperidine rings is 1. The second-order valence-corrected chi connectivity index (χ2v) is 9.24. The number of aromatic nitrogens is 2. The van der Waals surface area contributed by atoms with E-state index in [1.165, 1.54) is 17.8 Å². The number of carbonyl (C=O) groups excluding carboxylic acids is 2. The van der Waals surface area contributed by atoms with Gasteiger partial charge in [0.25, 0.3) is 0 Å². The van der Waals surface area contributed by atoms with Crippen molar-refractivity contribution in [2.75, 3.05) is 13.1 Å². The Kier molecular flexibility index (Phi) is 4.98. The predicted molar refractivity (Wildman–Crippen MR) is 103 cm³/mol. The van der Waals surface area contributed by atoms with Crippen LogP contribution in [0.25, 0.3) is 0 Å². The maximum absolute atomic E-state index is 13.0. The van der Waals surface area contributed by atoms with E-state index in [-0.39, 0.29) is 11.8 Å². The normalized spacial score (nSPS) is 26.9. The van der Waals surface area contributed by atoms with Gasteiger partial charge in [0.05, 0.1) is 23.0 Å². The van der Waals surface area contributed by atoms with Gasteiger partial charge in [0.1, 0.15) is 5.03 Å². The smallest absolute Gasteiger partial charge is 0.400 e. The molecule has 0 aliphatic carbocycles. The first kappa shape index (κ1) is 20.7. The fraction of sp³-hybridized carbons (Fsp3) is 0.474. The van der Waals surface area contributed by atoms with Crippen molar-refractivity contribution >= 4 is 35.4 Å². The summed E-state index contributed by atoms with van der Waals surface area (Å²) >= 11 is 2.42. The molecule has 164 valence electrons. The third kappa shape index (κ3) is 3.70. The zero-order valence-corrected chi connectivity index (χ0v) is 17.6. The summed E-state index contributed by atoms with van der Waals surface area (Å²) < 4.78 is 58.2. The number of hydrogen-bond acceptors (Lipinski definition) is 9. The van der Waals surface area contributed by atoms with Crippen LogP contribution in [0, 0.1) is 5.92 Å². The highest BCUT2D eigenvalue weighted by Crippen LogP contribution is 2.48. The van der Waals surface area contributed by atoms with E-state index >= 15 is 0 Å². The minimum atomic E-state index is -4.38. The number of benzene rings is 1. The highest BCUT2D eigenvalue weighted by atomic mass is 32.2. The average Bonchev–Trinajstić information content (AvgIpc) is 3.40. The van der Waals surface area contributed by atoms with Crippen LogP contribution >= 0.6 is 23.5 Å². The molecular formula is C19H16F3N3O4S2. The minimum Gasteiger partial charge on any atom is -0.400 e. The predicted octanol–water partition coefficient (Wildman–Crippen LogP) is 3.41. The zero-order chi connectivity index (χ0) is 21.8. The van der Waals surface area contributed by atoms with E-state index in [4.69, 9.17) is 9.47 Å². The molecule has 31 heavy (non-hydrogen) atoms. The van der Waals surface area contributed by atoms with Gasteiger partial charge in [-0.3, -0.25) is 0 Å². The maximum atomic E-state index is 13.0. The quantitative estimate of drug-likeness (QED) is 0.381. The Hall–Kier alpha value is -2.18. The van der Waals surface area contributed by atoms with Gasteiger partial charge in [0, 0.05) is 31.2 Å². The molecule has 3 saturated heterocycles. The molecule has 3 atom stereocenters. The number of nitrogens with zero attached hydrogens (tertiary/aromatic N) is 3. The highest BCUT2D eigenvalue weighted by molar-refractivity contribution is 7.98. The van der Waals surface area contributed by atoms with Crippen LogP contribution in [0.1, 0.15) is 35.6 Å². The lowest BCUT2D eigenvalue weighted by Gasteiger charge is -2.37. The van der Waals surface area contributed by atoms with Crippen LogP contribution in [0.2, 0.25) is 0 Å². The number of esters is 2. The molecule has 0 N–H and O–H groups in total. The van der Waals surface area contributed by atoms with Gasteiger partial charge in [-0.15, -0.1) is 0 Å². The third-order valence-corrected chi connectivity index (χ3v) is 7.60. The van der Waals surface area contributed by atoms with Crippen molar-refractivity contribution in [1.29, 1.82) is 0 Å². The Labute approximate surface area is 183 Å². The number of thioether (sulfide) groups is 1. The first-order valence-corrected chi connectivity index (χ1v) is 11.3. The van der Waals surface area contributed by atoms with Crippen LogP contribution in [-0.4, -0.2) is 44.6 Å². The van der Waals surface area contributed by atoms with Crippen molar-refractivity contribution in [3.63, 3.8) is 0 Å². The summed E-state index contributed by atoms with van der Waals surface area (Å²) in [6.07, 6.45) is -3.29. The lowest BCUT2D eigenvalue weighted by Crippen LogP contribution is -2.51. The Morgan fingerprint density at radius 3 is 2.71 bits per heavy atom. The molecule has 0 radical (unpaired) electrons. The largest absolute Gasteiger partial charge is 0.421 e. The Bertz CT molecular complexity index is 1030. The van der Waals surface area contributed by atoms with Gasteiger partial charge in [-0.25, -0.2) is 14.5 Å². The summed E-state index contributed by atoms with van der Waals surface area (Å²) in [6.45, 7) is 1.09. The molecule has 5 rings (SSSR count). The number of fused-ring (bicyclic) bond motifs is 3. The molecule has 2 aromatic rings. The summed E-state index contributed by atoms with van der Waals surface area (Å²) in [6, 6.07) is 5.25. The summed E-state index contributed by atoms with van der Waals surface area (Å²) in [5.74, 6) is -2.69. The third-order valence-electron chi connectivity index (χ3n) is 5.89. The van der Waals surface area contributed by atoms with Gasteiger partial charge in [-0.1, -0.05) is 30.0 Å². The summed E-state index contributed by atoms with van der Waals surface area (Å²) in [5, 5.41) is 0.690. The van der Waals surface area contributed by atoms with Crippen molar-refractivity contribution in [2.45, 2.75) is 41.6 Å². The van der Waals surface area contributed by atoms with E-state index in [0.717, 1.165) is 29.6 Å². The van der Waals surface area contributed by atoms with E-state index in [1.54, 1.807) is 6.07 Å². The topological polar surface area (TPSA) is 81.6 Å². The fourth-order valence-corrected chi connectivity index (χ4v) is 6.12. The van der Waals surface area contributed by atoms with Crippen molar-refractivity contribution in [3.8, 4) is 0 Å². The first-order valence-electron chi connectivity index (χ1n) is 9.58. The Morgan fingerprint density at radius 2 is 1.97 bits per heavy atom. The molecule has 1 aromatic carbocycles. The van der Waals surface area contributed by atoms with Crippen LogP contribution in [0.3, 0.4) is 0 Å². The molecule has 7 nitrogen and oxygen atoms in total. The molecule has 2 bridgehead atoms. The lowest BCUT2D eigenvalue weighted by atomic mass is 9.88. The van der Waals surface area contributed by atoms with E-state index in [9.17, 15) is 22.8 Å². The van der Waals surface area contributed by atoms with E-state index in [2.05, 4.69) is 8.75 Å². The van der Waals surface area contributed by atoms with Gasteiger partial charge in [-0.05, 0) is 24.0 Å². The number of halogens is 3. The van der Waals surface area contributed by atoms with Crippen molar-refractivity contribution in [3.05, 3.63) is 41.1 Å². The van der Waals surface area contributed by atoms with E-state index < -0.39 is 29.6 Å². The van der Waals surface area contributed by atoms with Gasteiger partial charge in [0.15, 0.2) is 0 Å². The number of hydrogen-bond donors (Lipinski definition) is 0. The summed E-state index contributed by atoms with van der Waals surface area (Å²) in [5.41, 5.74) is 0.671. The van der Waals surface area contributed by atoms with Gasteiger partial charge >= 0.3 is 24.0 Å². The van der Waals surface area contributed by atoms with Crippen LogP contribution < -0.4 is 0 Å². The van der Waals surface area contributed by atoms with Crippen LogP contribution in [0.4, 0.5) is 13.2 Å². The standard InChI is InChI=1S/C19H16F3N3O4S2/c20-19(21,22)12-3-1-2-10(6-12)9-30-15-14(23-31-24-15)13-8-25-7-11(13)4-5-18(25)28-16(26)17(27)29-18/h1-3,6,11,13H,4-5,7-9H2. The molecular weight excluding hydrogens is 455 g/mol. The molecule has 3 unspecified atom stereocenters. The summed E-state index contributed by atoms with van der Waals surface area (Å²) in [4.78, 5) is 25.0. The SMILES string of the molecule is O=C1OC2(CCC3CN2CC3c2nsnc2SCc2cccc(C(F)(F)F)c2)OC1=O. The first-order chi connectivity index (χ1) is 14.7. The van der Waals surface area contributed by atoms with Crippen LogP contribution in [0.15, 0.2) is 29.3 Å². The Morgan fingerprint density at radius 1 is 1.19 bits per heavy atom. The van der Waals surface area contributed by atoms with E-state index in [1.807, 2.05) is 4.90 Å². The van der Waals surface area contributed by atoms with E-state index in [0.29, 0.717) is 42.3 Å². The number of carbonyl (C=O) groups is 2. The molecule has 4 heterocycles. The molecule has 1 spiro atoms. The number of alkyl halides is 3. The van der Waals surface area contributed by atoms with Gasteiger partial charge in [0.2, 0.25) is 0 Å². The number of rotatable bonds is 4. The molecule has 0 saturated carbocycles. The van der Waals surface area contributed by atoms with Crippen molar-refractivity contribution in [2.24, 2.45) is 5.92 Å². The second-order valence-electron chi connectivity index (χ2n) is 7.74. The minimum absolute atomic E-state index is 0.0140. The van der Waals surface area contributed by atoms with Crippen LogP contribution in [0.5, 0.6) is 0 Å². The van der Waals surface area contributed by atoms with Crippen LogP contribution in [-0.2, 0) is 31.0 Å². The fourth-order valence-electron chi connectivity index (χ4n) is 4.41. The zero-order valence-electron chi connectivity index (χ0n) is 15.9. The maximum Gasteiger partial charge on any atom is 0.421 e.